The van der Waals surface area contributed by atoms with Crippen LogP contribution < -0.4 is 5.84 Å². The number of esters is 1. The van der Waals surface area contributed by atoms with E-state index in [1.165, 1.54) is 0 Å². The molecule has 1 heterocycles. The molecule has 0 atom stereocenters. The molecule has 0 saturated carbocycles. The summed E-state index contributed by atoms with van der Waals surface area (Å²) < 4.78 is 5.88. The van der Waals surface area contributed by atoms with E-state index in [1.54, 1.807) is 6.92 Å². The van der Waals surface area contributed by atoms with Crippen LogP contribution in [0.4, 0.5) is 0 Å². The Morgan fingerprint density at radius 3 is 2.69 bits per heavy atom. The Kier molecular flexibility index (Phi) is 2.84. The number of nitrogens with zero attached hydrogens (tertiary/aromatic N) is 3. The highest BCUT2D eigenvalue weighted by atomic mass is 16.5. The van der Waals surface area contributed by atoms with Crippen molar-refractivity contribution in [1.82, 2.24) is 14.9 Å². The molecule has 0 aromatic carbocycles. The first-order valence-electron chi connectivity index (χ1n) is 4.07. The Morgan fingerprint density at radius 1 is 1.54 bits per heavy atom. The smallest absolute Gasteiger partial charge is 0.378 e. The molecule has 6 heteroatoms. The van der Waals surface area contributed by atoms with Crippen molar-refractivity contribution in [2.24, 2.45) is 0 Å². The lowest BCUT2D eigenvalue weighted by Gasteiger charge is -2.01. The van der Waals surface area contributed by atoms with Crippen LogP contribution in [0.3, 0.4) is 0 Å². The molecule has 72 valence electrons. The second kappa shape index (κ2) is 3.88. The van der Waals surface area contributed by atoms with Crippen molar-refractivity contribution in [3.05, 3.63) is 11.6 Å². The first-order valence-corrected chi connectivity index (χ1v) is 4.07. The molecule has 0 unspecified atom stereocenters. The summed E-state index contributed by atoms with van der Waals surface area (Å²) in [5, 5.41) is 7.34. The van der Waals surface area contributed by atoms with Crippen LogP contribution in [0.25, 0.3) is 0 Å². The third kappa shape index (κ3) is 1.77. The predicted octanol–water partition coefficient (Wildman–Crippen LogP) is -0.269. The van der Waals surface area contributed by atoms with Gasteiger partial charge in [0.1, 0.15) is 0 Å². The van der Waals surface area contributed by atoms with Crippen molar-refractivity contribution in [3.8, 4) is 0 Å². The summed E-state index contributed by atoms with van der Waals surface area (Å²) in [6.45, 7) is 3.89. The Morgan fingerprint density at radius 2 is 2.23 bits per heavy atom. The molecular weight excluding hydrogens is 172 g/mol. The number of ether oxygens (including phenoxy) is 1. The van der Waals surface area contributed by atoms with Gasteiger partial charge in [0.05, 0.1) is 6.61 Å². The Hall–Kier alpha value is -1.59. The standard InChI is InChI=1S/C7H12N4O2/c1-3-5-9-10-6(11(5)8)7(12)13-4-2/h3-4,8H2,1-2H3. The van der Waals surface area contributed by atoms with E-state index in [-0.39, 0.29) is 5.82 Å². The van der Waals surface area contributed by atoms with Crippen LogP contribution in [-0.2, 0) is 11.2 Å². The van der Waals surface area contributed by atoms with Crippen molar-refractivity contribution in [3.63, 3.8) is 0 Å². The maximum Gasteiger partial charge on any atom is 0.378 e. The van der Waals surface area contributed by atoms with E-state index in [0.717, 1.165) is 4.68 Å². The van der Waals surface area contributed by atoms with Crippen LogP contribution in [0.5, 0.6) is 0 Å². The number of nitrogen functional groups attached to an aromatic ring is 1. The van der Waals surface area contributed by atoms with Gasteiger partial charge in [-0.1, -0.05) is 6.92 Å². The molecule has 1 aromatic heterocycles. The number of nitrogens with two attached hydrogens (primary N) is 1. The van der Waals surface area contributed by atoms with Crippen molar-refractivity contribution >= 4 is 5.97 Å². The summed E-state index contributed by atoms with van der Waals surface area (Å²) in [4.78, 5) is 11.2. The van der Waals surface area contributed by atoms with E-state index < -0.39 is 5.97 Å². The van der Waals surface area contributed by atoms with Gasteiger partial charge < -0.3 is 10.6 Å². The predicted molar refractivity (Wildman–Crippen MR) is 45.5 cm³/mol. The number of carbonyl (C=O) groups is 1. The summed E-state index contributed by atoms with van der Waals surface area (Å²) in [6, 6.07) is 0. The molecule has 1 aromatic rings. The lowest BCUT2D eigenvalue weighted by atomic mass is 10.5. The van der Waals surface area contributed by atoms with Crippen molar-refractivity contribution < 1.29 is 9.53 Å². The number of rotatable bonds is 3. The Bertz CT molecular complexity index is 307. The fraction of sp³-hybridized carbons (Fsp3) is 0.571. The molecule has 13 heavy (non-hydrogen) atoms. The first-order chi connectivity index (χ1) is 6.20. The number of hydrogen-bond donors (Lipinski definition) is 1. The molecule has 6 nitrogen and oxygen atoms in total. The minimum absolute atomic E-state index is 0.0405. The summed E-state index contributed by atoms with van der Waals surface area (Å²) in [5.41, 5.74) is 0. The number of hydrogen-bond acceptors (Lipinski definition) is 5. The topological polar surface area (TPSA) is 83.0 Å². The zero-order chi connectivity index (χ0) is 9.84. The molecule has 0 amide bonds. The van der Waals surface area contributed by atoms with Gasteiger partial charge in [0.25, 0.3) is 5.82 Å². The largest absolute Gasteiger partial charge is 0.460 e. The Balaban J connectivity index is 2.89. The van der Waals surface area contributed by atoms with Crippen molar-refractivity contribution in [2.45, 2.75) is 20.3 Å². The molecule has 0 aliphatic rings. The molecule has 0 fully saturated rings. The lowest BCUT2D eigenvalue weighted by molar-refractivity contribution is 0.0508. The van der Waals surface area contributed by atoms with Gasteiger partial charge in [-0.05, 0) is 6.92 Å². The number of aromatic nitrogens is 3. The lowest BCUT2D eigenvalue weighted by Crippen LogP contribution is -2.20. The van der Waals surface area contributed by atoms with Gasteiger partial charge in [-0.25, -0.2) is 9.47 Å². The molecule has 2 N–H and O–H groups in total. The molecular formula is C7H12N4O2. The number of carbonyl (C=O) groups excluding carboxylic acids is 1. The number of aryl methyl sites for hydroxylation is 1. The molecule has 0 aliphatic carbocycles. The molecule has 0 spiro atoms. The van der Waals surface area contributed by atoms with Crippen LogP contribution in [0, 0.1) is 0 Å². The zero-order valence-electron chi connectivity index (χ0n) is 7.65. The molecule has 1 rings (SSSR count). The van der Waals surface area contributed by atoms with Gasteiger partial charge in [0.2, 0.25) is 0 Å². The highest BCUT2D eigenvalue weighted by molar-refractivity contribution is 5.85. The molecule has 0 radical (unpaired) electrons. The minimum atomic E-state index is -0.544. The van der Waals surface area contributed by atoms with Gasteiger partial charge in [0, 0.05) is 6.42 Å². The van der Waals surface area contributed by atoms with Crippen LogP contribution in [0.2, 0.25) is 0 Å². The Labute approximate surface area is 75.7 Å². The monoisotopic (exact) mass is 184 g/mol. The highest BCUT2D eigenvalue weighted by Crippen LogP contribution is 1.99. The zero-order valence-corrected chi connectivity index (χ0v) is 7.65. The second-order valence-corrected chi connectivity index (χ2v) is 2.38. The van der Waals surface area contributed by atoms with Crippen LogP contribution in [0.1, 0.15) is 30.3 Å². The van der Waals surface area contributed by atoms with E-state index in [9.17, 15) is 4.79 Å². The third-order valence-corrected chi connectivity index (χ3v) is 1.54. The van der Waals surface area contributed by atoms with E-state index in [2.05, 4.69) is 10.2 Å². The van der Waals surface area contributed by atoms with Gasteiger partial charge in [0.15, 0.2) is 5.82 Å². The fourth-order valence-corrected chi connectivity index (χ4v) is 0.900. The average molecular weight is 184 g/mol. The minimum Gasteiger partial charge on any atom is -0.460 e. The normalized spacial score (nSPS) is 10.0. The van der Waals surface area contributed by atoms with Gasteiger partial charge >= 0.3 is 5.97 Å². The van der Waals surface area contributed by atoms with Crippen LogP contribution in [0.15, 0.2) is 0 Å². The van der Waals surface area contributed by atoms with Crippen LogP contribution >= 0.6 is 0 Å². The van der Waals surface area contributed by atoms with Crippen molar-refractivity contribution in [1.29, 1.82) is 0 Å². The van der Waals surface area contributed by atoms with E-state index >= 15 is 0 Å². The molecule has 0 aliphatic heterocycles. The summed E-state index contributed by atoms with van der Waals surface area (Å²) >= 11 is 0. The molecule has 0 bridgehead atoms. The first kappa shape index (κ1) is 9.50. The fourth-order valence-electron chi connectivity index (χ4n) is 0.900. The van der Waals surface area contributed by atoms with Gasteiger partial charge in [-0.15, -0.1) is 10.2 Å². The summed E-state index contributed by atoms with van der Waals surface area (Å²) in [7, 11) is 0. The van der Waals surface area contributed by atoms with Crippen molar-refractivity contribution in [2.75, 3.05) is 12.4 Å². The summed E-state index contributed by atoms with van der Waals surface area (Å²) in [5.74, 6) is 5.59. The van der Waals surface area contributed by atoms with Gasteiger partial charge in [-0.2, -0.15) is 0 Å². The average Bonchev–Trinajstić information content (AvgIpc) is 2.47. The van der Waals surface area contributed by atoms with E-state index in [1.807, 2.05) is 6.92 Å². The van der Waals surface area contributed by atoms with E-state index in [0.29, 0.717) is 18.9 Å². The third-order valence-electron chi connectivity index (χ3n) is 1.54. The highest BCUT2D eigenvalue weighted by Gasteiger charge is 2.16. The van der Waals surface area contributed by atoms with Gasteiger partial charge in [-0.3, -0.25) is 0 Å². The maximum atomic E-state index is 11.2. The second-order valence-electron chi connectivity index (χ2n) is 2.38. The van der Waals surface area contributed by atoms with E-state index in [4.69, 9.17) is 10.6 Å². The SMILES string of the molecule is CCOC(=O)c1nnc(CC)n1N. The summed E-state index contributed by atoms with van der Waals surface area (Å²) in [6.07, 6.45) is 0.628. The molecule has 0 saturated heterocycles. The quantitative estimate of drug-likeness (QED) is 0.516. The van der Waals surface area contributed by atoms with Crippen LogP contribution in [-0.4, -0.2) is 27.4 Å². The maximum absolute atomic E-state index is 11.2.